The van der Waals surface area contributed by atoms with E-state index in [9.17, 15) is 4.79 Å². The zero-order valence-electron chi connectivity index (χ0n) is 18.7. The molecule has 0 aliphatic carbocycles. The van der Waals surface area contributed by atoms with Gasteiger partial charge in [0.15, 0.2) is 11.5 Å². The van der Waals surface area contributed by atoms with Crippen molar-refractivity contribution in [2.75, 3.05) is 46.6 Å². The summed E-state index contributed by atoms with van der Waals surface area (Å²) in [5.74, 6) is 1.25. The van der Waals surface area contributed by atoms with Gasteiger partial charge >= 0.3 is 0 Å². The van der Waals surface area contributed by atoms with E-state index in [1.54, 1.807) is 7.11 Å². The first-order chi connectivity index (χ1) is 15.7. The highest BCUT2D eigenvalue weighted by Crippen LogP contribution is 2.29. The van der Waals surface area contributed by atoms with Gasteiger partial charge in [0.05, 0.1) is 26.4 Å². The Labute approximate surface area is 189 Å². The fourth-order valence-electron chi connectivity index (χ4n) is 4.01. The van der Waals surface area contributed by atoms with Gasteiger partial charge in [0.25, 0.3) is 5.91 Å². The van der Waals surface area contributed by atoms with Crippen molar-refractivity contribution in [3.63, 3.8) is 0 Å². The van der Waals surface area contributed by atoms with Crippen LogP contribution in [0, 0.1) is 0 Å². The van der Waals surface area contributed by atoms with Crippen molar-refractivity contribution in [1.82, 2.24) is 10.2 Å². The molecule has 1 atom stereocenters. The van der Waals surface area contributed by atoms with Crippen molar-refractivity contribution in [1.29, 1.82) is 0 Å². The minimum Gasteiger partial charge on any atom is -0.493 e. The summed E-state index contributed by atoms with van der Waals surface area (Å²) in [5, 5.41) is 3.00. The molecule has 2 aromatic carbocycles. The van der Waals surface area contributed by atoms with E-state index in [0.29, 0.717) is 30.2 Å². The van der Waals surface area contributed by atoms with Gasteiger partial charge in [0, 0.05) is 38.3 Å². The second kappa shape index (κ2) is 11.3. The van der Waals surface area contributed by atoms with Crippen molar-refractivity contribution in [3.8, 4) is 11.5 Å². The van der Waals surface area contributed by atoms with Crippen LogP contribution < -0.4 is 14.8 Å². The number of morpholine rings is 1. The molecule has 2 aliphatic rings. The SMILES string of the molecule is COc1cc(CNC(=O)c2cccc(CN3CCOCC3)c2)ccc1OCC1CCCO1. The van der Waals surface area contributed by atoms with E-state index in [4.69, 9.17) is 18.9 Å². The second-order valence-electron chi connectivity index (χ2n) is 8.20. The van der Waals surface area contributed by atoms with Gasteiger partial charge in [-0.05, 0) is 48.2 Å². The van der Waals surface area contributed by atoms with Gasteiger partial charge in [-0.1, -0.05) is 18.2 Å². The molecule has 2 aromatic rings. The van der Waals surface area contributed by atoms with Gasteiger partial charge in [-0.2, -0.15) is 0 Å². The van der Waals surface area contributed by atoms with Crippen molar-refractivity contribution < 1.29 is 23.7 Å². The van der Waals surface area contributed by atoms with Gasteiger partial charge in [-0.25, -0.2) is 0 Å². The lowest BCUT2D eigenvalue weighted by molar-refractivity contribution is 0.0342. The number of hydrogen-bond acceptors (Lipinski definition) is 6. The van der Waals surface area contributed by atoms with Crippen LogP contribution in [0.25, 0.3) is 0 Å². The van der Waals surface area contributed by atoms with Crippen LogP contribution in [-0.2, 0) is 22.6 Å². The Hall–Kier alpha value is -2.61. The summed E-state index contributed by atoms with van der Waals surface area (Å²) in [6.45, 7) is 5.94. The van der Waals surface area contributed by atoms with E-state index in [2.05, 4.69) is 16.3 Å². The molecule has 0 aromatic heterocycles. The number of hydrogen-bond donors (Lipinski definition) is 1. The Balaban J connectivity index is 1.31. The molecule has 2 aliphatic heterocycles. The Bertz CT molecular complexity index is 892. The first-order valence-corrected chi connectivity index (χ1v) is 11.3. The number of rotatable bonds is 9. The molecular formula is C25H32N2O5. The predicted octanol–water partition coefficient (Wildman–Crippen LogP) is 3.02. The van der Waals surface area contributed by atoms with Crippen LogP contribution in [0.5, 0.6) is 11.5 Å². The number of carbonyl (C=O) groups excluding carboxylic acids is 1. The van der Waals surface area contributed by atoms with E-state index >= 15 is 0 Å². The third-order valence-corrected chi connectivity index (χ3v) is 5.83. The summed E-state index contributed by atoms with van der Waals surface area (Å²) in [7, 11) is 1.62. The summed E-state index contributed by atoms with van der Waals surface area (Å²) < 4.78 is 22.4. The summed E-state index contributed by atoms with van der Waals surface area (Å²) in [6, 6.07) is 13.6. The van der Waals surface area contributed by atoms with Crippen LogP contribution in [-0.4, -0.2) is 63.5 Å². The van der Waals surface area contributed by atoms with Crippen LogP contribution >= 0.6 is 0 Å². The van der Waals surface area contributed by atoms with Crippen LogP contribution in [0.1, 0.15) is 34.3 Å². The maximum Gasteiger partial charge on any atom is 0.251 e. The van der Waals surface area contributed by atoms with Crippen molar-refractivity contribution >= 4 is 5.91 Å². The molecule has 2 heterocycles. The van der Waals surface area contributed by atoms with Crippen LogP contribution in [0.2, 0.25) is 0 Å². The highest BCUT2D eigenvalue weighted by Gasteiger charge is 2.17. The lowest BCUT2D eigenvalue weighted by Gasteiger charge is -2.26. The zero-order chi connectivity index (χ0) is 22.2. The summed E-state index contributed by atoms with van der Waals surface area (Å²) in [6.07, 6.45) is 2.26. The number of nitrogens with zero attached hydrogens (tertiary/aromatic N) is 1. The van der Waals surface area contributed by atoms with Gasteiger partial charge in [-0.3, -0.25) is 9.69 Å². The molecule has 0 bridgehead atoms. The molecule has 1 N–H and O–H groups in total. The van der Waals surface area contributed by atoms with E-state index in [1.807, 2.05) is 36.4 Å². The standard InChI is InChI=1S/C25H32N2O5/c1-29-24-15-19(7-8-23(24)32-18-22-6-3-11-31-22)16-26-25(28)21-5-2-4-20(14-21)17-27-9-12-30-13-10-27/h2,4-5,7-8,14-15,22H,3,6,9-13,16-18H2,1H3,(H,26,28). The number of nitrogens with one attached hydrogen (secondary N) is 1. The Kier molecular flexibility index (Phi) is 7.98. The topological polar surface area (TPSA) is 69.3 Å². The normalized spacial score (nSPS) is 19.0. The molecule has 7 heteroatoms. The smallest absolute Gasteiger partial charge is 0.251 e. The van der Waals surface area contributed by atoms with Gasteiger partial charge < -0.3 is 24.3 Å². The van der Waals surface area contributed by atoms with E-state index in [0.717, 1.165) is 63.4 Å². The molecule has 0 saturated carbocycles. The van der Waals surface area contributed by atoms with Crippen molar-refractivity contribution in [2.45, 2.75) is 32.0 Å². The number of ether oxygens (including phenoxy) is 4. The molecule has 0 radical (unpaired) electrons. The van der Waals surface area contributed by atoms with E-state index < -0.39 is 0 Å². The van der Waals surface area contributed by atoms with Gasteiger partial charge in [0.1, 0.15) is 6.61 Å². The minimum atomic E-state index is -0.0912. The molecular weight excluding hydrogens is 408 g/mol. The third-order valence-electron chi connectivity index (χ3n) is 5.83. The molecule has 4 rings (SSSR count). The average Bonchev–Trinajstić information content (AvgIpc) is 3.36. The lowest BCUT2D eigenvalue weighted by atomic mass is 10.1. The van der Waals surface area contributed by atoms with Crippen molar-refractivity contribution in [3.05, 3.63) is 59.2 Å². The molecule has 172 valence electrons. The highest BCUT2D eigenvalue weighted by atomic mass is 16.5. The van der Waals surface area contributed by atoms with Gasteiger partial charge in [0.2, 0.25) is 0 Å². The summed E-state index contributed by atoms with van der Waals surface area (Å²) in [4.78, 5) is 15.1. The van der Waals surface area contributed by atoms with Crippen LogP contribution in [0.4, 0.5) is 0 Å². The quantitative estimate of drug-likeness (QED) is 0.647. The molecule has 32 heavy (non-hydrogen) atoms. The minimum absolute atomic E-state index is 0.0912. The maximum absolute atomic E-state index is 12.7. The molecule has 0 spiro atoms. The maximum atomic E-state index is 12.7. The lowest BCUT2D eigenvalue weighted by Crippen LogP contribution is -2.35. The molecule has 2 saturated heterocycles. The average molecular weight is 441 g/mol. The van der Waals surface area contributed by atoms with E-state index in [-0.39, 0.29) is 12.0 Å². The largest absolute Gasteiger partial charge is 0.493 e. The number of amides is 1. The Morgan fingerprint density at radius 1 is 1.09 bits per heavy atom. The fourth-order valence-corrected chi connectivity index (χ4v) is 4.01. The molecule has 7 nitrogen and oxygen atoms in total. The van der Waals surface area contributed by atoms with E-state index in [1.165, 1.54) is 0 Å². The predicted molar refractivity (Wildman–Crippen MR) is 121 cm³/mol. The second-order valence-corrected chi connectivity index (χ2v) is 8.20. The third kappa shape index (κ3) is 6.22. The Morgan fingerprint density at radius 2 is 1.97 bits per heavy atom. The summed E-state index contributed by atoms with van der Waals surface area (Å²) in [5.41, 5.74) is 2.75. The first-order valence-electron chi connectivity index (χ1n) is 11.3. The van der Waals surface area contributed by atoms with Crippen molar-refractivity contribution in [2.24, 2.45) is 0 Å². The molecule has 1 amide bonds. The first kappa shape index (κ1) is 22.6. The Morgan fingerprint density at radius 3 is 2.75 bits per heavy atom. The van der Waals surface area contributed by atoms with Crippen LogP contribution in [0.3, 0.4) is 0 Å². The zero-order valence-corrected chi connectivity index (χ0v) is 18.7. The number of benzene rings is 2. The van der Waals surface area contributed by atoms with Crippen LogP contribution in [0.15, 0.2) is 42.5 Å². The molecule has 2 fully saturated rings. The number of methoxy groups -OCH3 is 1. The highest BCUT2D eigenvalue weighted by molar-refractivity contribution is 5.94. The number of carbonyl (C=O) groups is 1. The monoisotopic (exact) mass is 440 g/mol. The summed E-state index contributed by atoms with van der Waals surface area (Å²) >= 11 is 0. The fraction of sp³-hybridized carbons (Fsp3) is 0.480. The van der Waals surface area contributed by atoms with Gasteiger partial charge in [-0.15, -0.1) is 0 Å². The molecule has 1 unspecified atom stereocenters.